The molecule has 1 aromatic carbocycles. The Kier molecular flexibility index (Phi) is 7.01. The summed E-state index contributed by atoms with van der Waals surface area (Å²) in [5, 5.41) is 1.04. The smallest absolute Gasteiger partial charge is 0.339 e. The van der Waals surface area contributed by atoms with E-state index in [2.05, 4.69) is 9.97 Å². The van der Waals surface area contributed by atoms with Crippen LogP contribution in [0.4, 0.5) is 10.6 Å². The number of benzene rings is 1. The predicted molar refractivity (Wildman–Crippen MR) is 118 cm³/mol. The fourth-order valence-electron chi connectivity index (χ4n) is 2.93. The van der Waals surface area contributed by atoms with Gasteiger partial charge in [0.2, 0.25) is 0 Å². The number of carbonyl (C=O) groups excluding carboxylic acids is 1. The van der Waals surface area contributed by atoms with Crippen LogP contribution in [0.25, 0.3) is 11.2 Å². The Morgan fingerprint density at radius 2 is 2.00 bits per heavy atom. The van der Waals surface area contributed by atoms with Crippen molar-refractivity contribution in [3.05, 3.63) is 45.3 Å². The van der Waals surface area contributed by atoms with Crippen LogP contribution in [0, 0.1) is 0 Å². The van der Waals surface area contributed by atoms with Gasteiger partial charge in [0.25, 0.3) is 0 Å². The largest absolute Gasteiger partial charge is 0.383 e. The van der Waals surface area contributed by atoms with E-state index >= 15 is 0 Å². The summed E-state index contributed by atoms with van der Waals surface area (Å²) in [5.41, 5.74) is 6.98. The molecule has 3 rings (SSSR count). The summed E-state index contributed by atoms with van der Waals surface area (Å²) in [4.78, 5) is 36.5. The highest BCUT2D eigenvalue weighted by molar-refractivity contribution is 7.99. The number of carbonyl (C=O) groups is 1. The zero-order valence-corrected chi connectivity index (χ0v) is 18.5. The van der Waals surface area contributed by atoms with E-state index in [0.29, 0.717) is 29.0 Å². The Hall–Kier alpha value is -2.56. The van der Waals surface area contributed by atoms with Crippen LogP contribution in [-0.4, -0.2) is 63.1 Å². The summed E-state index contributed by atoms with van der Waals surface area (Å²) in [6.45, 7) is 2.83. The van der Waals surface area contributed by atoms with Crippen molar-refractivity contribution >= 4 is 46.4 Å². The van der Waals surface area contributed by atoms with Crippen LogP contribution >= 0.6 is 23.4 Å². The number of aromatic nitrogens is 4. The number of imidazole rings is 1. The lowest BCUT2D eigenvalue weighted by Gasteiger charge is -2.16. The highest BCUT2D eigenvalue weighted by Gasteiger charge is 2.25. The molecule has 0 saturated heterocycles. The SMILES string of the molecule is CCSc1nc(N)c2c(n1)n(Cc1ccc(Cl)cc1)c(=O)n2C(=O)N(C)CCOC. The van der Waals surface area contributed by atoms with E-state index in [1.54, 1.807) is 26.3 Å². The van der Waals surface area contributed by atoms with Gasteiger partial charge in [0.05, 0.1) is 13.2 Å². The topological polar surface area (TPSA) is 108 Å². The maximum Gasteiger partial charge on any atom is 0.339 e. The molecule has 2 heterocycles. The molecule has 3 aromatic rings. The van der Waals surface area contributed by atoms with Crippen molar-refractivity contribution in [2.75, 3.05) is 38.8 Å². The molecule has 0 spiro atoms. The van der Waals surface area contributed by atoms with Gasteiger partial charge < -0.3 is 15.4 Å². The number of methoxy groups -OCH3 is 1. The summed E-state index contributed by atoms with van der Waals surface area (Å²) < 4.78 is 7.48. The molecule has 0 aliphatic heterocycles. The molecule has 0 fully saturated rings. The van der Waals surface area contributed by atoms with Crippen LogP contribution in [0.2, 0.25) is 5.02 Å². The monoisotopic (exact) mass is 450 g/mol. The Bertz CT molecular complexity index is 1110. The number of halogens is 1. The summed E-state index contributed by atoms with van der Waals surface area (Å²) in [5.74, 6) is 0.822. The second kappa shape index (κ2) is 9.50. The summed E-state index contributed by atoms with van der Waals surface area (Å²) in [6.07, 6.45) is 0. The molecule has 9 nitrogen and oxygen atoms in total. The zero-order valence-electron chi connectivity index (χ0n) is 17.0. The number of nitrogen functional groups attached to an aromatic ring is 1. The Balaban J connectivity index is 2.18. The lowest BCUT2D eigenvalue weighted by molar-refractivity contribution is 0.160. The fraction of sp³-hybridized carbons (Fsp3) is 0.368. The molecule has 0 saturated carbocycles. The first-order chi connectivity index (χ1) is 14.4. The van der Waals surface area contributed by atoms with Crippen LogP contribution < -0.4 is 11.4 Å². The number of likely N-dealkylation sites (N-methyl/N-ethyl adjacent to an activating group) is 1. The maximum absolute atomic E-state index is 13.3. The first-order valence-corrected chi connectivity index (χ1v) is 10.6. The molecular formula is C19H23ClN6O3S. The number of nitrogens with two attached hydrogens (primary N) is 1. The van der Waals surface area contributed by atoms with Crippen LogP contribution in [0.1, 0.15) is 12.5 Å². The van der Waals surface area contributed by atoms with Crippen molar-refractivity contribution in [2.45, 2.75) is 18.6 Å². The van der Waals surface area contributed by atoms with E-state index in [9.17, 15) is 9.59 Å². The Morgan fingerprint density at radius 1 is 1.30 bits per heavy atom. The minimum absolute atomic E-state index is 0.0800. The van der Waals surface area contributed by atoms with Crippen LogP contribution in [-0.2, 0) is 11.3 Å². The average Bonchev–Trinajstić information content (AvgIpc) is 2.99. The number of thioether (sulfide) groups is 1. The van der Waals surface area contributed by atoms with Gasteiger partial charge in [-0.1, -0.05) is 42.4 Å². The molecule has 30 heavy (non-hydrogen) atoms. The number of anilines is 1. The average molecular weight is 451 g/mol. The highest BCUT2D eigenvalue weighted by atomic mass is 35.5. The van der Waals surface area contributed by atoms with E-state index in [-0.39, 0.29) is 17.9 Å². The van der Waals surface area contributed by atoms with Crippen LogP contribution in [0.5, 0.6) is 0 Å². The van der Waals surface area contributed by atoms with Gasteiger partial charge in [0.1, 0.15) is 5.52 Å². The number of nitrogens with zero attached hydrogens (tertiary/aromatic N) is 5. The third-order valence-electron chi connectivity index (χ3n) is 4.45. The minimum Gasteiger partial charge on any atom is -0.383 e. The summed E-state index contributed by atoms with van der Waals surface area (Å²) >= 11 is 7.37. The van der Waals surface area contributed by atoms with E-state index < -0.39 is 11.7 Å². The highest BCUT2D eigenvalue weighted by Crippen LogP contribution is 2.23. The van der Waals surface area contributed by atoms with E-state index in [0.717, 1.165) is 15.9 Å². The van der Waals surface area contributed by atoms with Crippen molar-refractivity contribution in [3.8, 4) is 0 Å². The van der Waals surface area contributed by atoms with Gasteiger partial charge in [0.15, 0.2) is 16.6 Å². The summed E-state index contributed by atoms with van der Waals surface area (Å²) in [7, 11) is 3.13. The fourth-order valence-corrected chi connectivity index (χ4v) is 3.63. The number of amides is 1. The molecule has 2 aromatic heterocycles. The second-order valence-electron chi connectivity index (χ2n) is 6.52. The normalized spacial score (nSPS) is 11.2. The zero-order chi connectivity index (χ0) is 21.8. The van der Waals surface area contributed by atoms with Crippen molar-refractivity contribution in [2.24, 2.45) is 0 Å². The molecule has 2 N–H and O–H groups in total. The Labute approximate surface area is 182 Å². The molecule has 0 unspecified atom stereocenters. The van der Waals surface area contributed by atoms with Crippen LogP contribution in [0.3, 0.4) is 0 Å². The molecule has 11 heteroatoms. The molecule has 0 bridgehead atoms. The standard InChI is InChI=1S/C19H23ClN6O3S/c1-4-30-17-22-15(21)14-16(23-17)25(11-12-5-7-13(20)8-6-12)19(28)26(14)18(27)24(2)9-10-29-3/h5-8H,4,9-11H2,1-3H3,(H2,21,22,23). The predicted octanol–water partition coefficient (Wildman–Crippen LogP) is 2.54. The first-order valence-electron chi connectivity index (χ1n) is 9.27. The number of ether oxygens (including phenoxy) is 1. The lowest BCUT2D eigenvalue weighted by atomic mass is 10.2. The number of hydrogen-bond acceptors (Lipinski definition) is 7. The van der Waals surface area contributed by atoms with Gasteiger partial charge in [-0.05, 0) is 23.4 Å². The molecule has 0 aliphatic rings. The van der Waals surface area contributed by atoms with Gasteiger partial charge in [-0.2, -0.15) is 0 Å². The van der Waals surface area contributed by atoms with E-state index in [1.807, 2.05) is 19.1 Å². The molecule has 0 radical (unpaired) electrons. The van der Waals surface area contributed by atoms with Gasteiger partial charge in [-0.3, -0.25) is 4.57 Å². The number of rotatable bonds is 7. The van der Waals surface area contributed by atoms with Gasteiger partial charge in [-0.15, -0.1) is 0 Å². The second-order valence-corrected chi connectivity index (χ2v) is 8.19. The van der Waals surface area contributed by atoms with Gasteiger partial charge in [-0.25, -0.2) is 24.1 Å². The summed E-state index contributed by atoms with van der Waals surface area (Å²) in [6, 6.07) is 6.59. The molecule has 0 atom stereocenters. The molecule has 0 aliphatic carbocycles. The maximum atomic E-state index is 13.3. The van der Waals surface area contributed by atoms with Crippen LogP contribution in [0.15, 0.2) is 34.2 Å². The quantitative estimate of drug-likeness (QED) is 0.435. The molecule has 1 amide bonds. The first kappa shape index (κ1) is 22.1. The number of fused-ring (bicyclic) bond motifs is 1. The lowest BCUT2D eigenvalue weighted by Crippen LogP contribution is -2.39. The van der Waals surface area contributed by atoms with E-state index in [1.165, 1.54) is 21.2 Å². The van der Waals surface area contributed by atoms with Crippen molar-refractivity contribution in [3.63, 3.8) is 0 Å². The third-order valence-corrected chi connectivity index (χ3v) is 5.43. The molecular weight excluding hydrogens is 428 g/mol. The number of hydrogen-bond donors (Lipinski definition) is 1. The van der Waals surface area contributed by atoms with E-state index in [4.69, 9.17) is 22.1 Å². The van der Waals surface area contributed by atoms with Crippen molar-refractivity contribution in [1.82, 2.24) is 24.0 Å². The Morgan fingerprint density at radius 3 is 2.63 bits per heavy atom. The van der Waals surface area contributed by atoms with Crippen molar-refractivity contribution < 1.29 is 9.53 Å². The van der Waals surface area contributed by atoms with Gasteiger partial charge in [0, 0.05) is 25.7 Å². The third kappa shape index (κ3) is 4.45. The molecule has 160 valence electrons. The minimum atomic E-state index is -0.533. The van der Waals surface area contributed by atoms with Gasteiger partial charge >= 0.3 is 11.7 Å². The van der Waals surface area contributed by atoms with Crippen molar-refractivity contribution in [1.29, 1.82) is 0 Å².